The third-order valence-corrected chi connectivity index (χ3v) is 5.03. The quantitative estimate of drug-likeness (QED) is 0.723. The highest BCUT2D eigenvalue weighted by atomic mass is 16.5. The van der Waals surface area contributed by atoms with E-state index in [2.05, 4.69) is 21.4 Å². The first-order valence-electron chi connectivity index (χ1n) is 9.47. The third kappa shape index (κ3) is 3.89. The van der Waals surface area contributed by atoms with Crippen molar-refractivity contribution in [3.63, 3.8) is 0 Å². The van der Waals surface area contributed by atoms with Crippen LogP contribution >= 0.6 is 0 Å². The Morgan fingerprint density at radius 2 is 2.00 bits per heavy atom. The maximum atomic E-state index is 13.0. The first-order chi connectivity index (χ1) is 14.0. The van der Waals surface area contributed by atoms with E-state index in [0.717, 1.165) is 34.7 Å². The van der Waals surface area contributed by atoms with Crippen LogP contribution < -0.4 is 19.7 Å². The Balaban J connectivity index is 1.68. The minimum Gasteiger partial charge on any atom is -0.497 e. The van der Waals surface area contributed by atoms with Crippen LogP contribution in [0.5, 0.6) is 11.5 Å². The number of carbonyl (C=O) groups is 1. The molecule has 3 aromatic rings. The molecule has 29 heavy (non-hydrogen) atoms. The standard InChI is InChI=1S/C22H24N4O3/c1-25-8-9-29-21-19(22(27)23-12-15-13-24-26(2)14-15)10-17(11-20(21)25)16-4-6-18(28-3)7-5-16/h4-7,10-11,13-14H,8-9,12H2,1-3H3,(H,23,27). The van der Waals surface area contributed by atoms with Gasteiger partial charge >= 0.3 is 0 Å². The SMILES string of the molecule is COc1ccc(-c2cc(C(=O)NCc3cnn(C)c3)c3c(c2)N(C)CCO3)cc1. The van der Waals surface area contributed by atoms with Gasteiger partial charge in [0.25, 0.3) is 5.91 Å². The van der Waals surface area contributed by atoms with Gasteiger partial charge < -0.3 is 19.7 Å². The highest BCUT2D eigenvalue weighted by Gasteiger charge is 2.24. The summed E-state index contributed by atoms with van der Waals surface area (Å²) in [5.74, 6) is 1.25. The number of likely N-dealkylation sites (N-methyl/N-ethyl adjacent to an activating group) is 1. The van der Waals surface area contributed by atoms with E-state index in [0.29, 0.717) is 24.5 Å². The molecule has 0 saturated carbocycles. The molecule has 1 aromatic heterocycles. The smallest absolute Gasteiger partial charge is 0.255 e. The maximum Gasteiger partial charge on any atom is 0.255 e. The number of aromatic nitrogens is 2. The van der Waals surface area contributed by atoms with E-state index >= 15 is 0 Å². The number of hydrogen-bond donors (Lipinski definition) is 1. The number of carbonyl (C=O) groups excluding carboxylic acids is 1. The predicted molar refractivity (Wildman–Crippen MR) is 112 cm³/mol. The molecule has 2 aromatic carbocycles. The number of aryl methyl sites for hydroxylation is 1. The van der Waals surface area contributed by atoms with Gasteiger partial charge in [0.2, 0.25) is 0 Å². The molecule has 1 N–H and O–H groups in total. The zero-order valence-electron chi connectivity index (χ0n) is 16.8. The van der Waals surface area contributed by atoms with Crippen molar-refractivity contribution in [3.05, 3.63) is 59.9 Å². The number of methoxy groups -OCH3 is 1. The lowest BCUT2D eigenvalue weighted by Gasteiger charge is -2.29. The summed E-state index contributed by atoms with van der Waals surface area (Å²) in [5, 5.41) is 7.12. The molecule has 0 atom stereocenters. The summed E-state index contributed by atoms with van der Waals surface area (Å²) in [7, 11) is 5.51. The van der Waals surface area contributed by atoms with Gasteiger partial charge in [-0.1, -0.05) is 12.1 Å². The van der Waals surface area contributed by atoms with Gasteiger partial charge in [-0.3, -0.25) is 9.48 Å². The molecule has 0 fully saturated rings. The lowest BCUT2D eigenvalue weighted by molar-refractivity contribution is 0.0946. The lowest BCUT2D eigenvalue weighted by atomic mass is 9.99. The fourth-order valence-electron chi connectivity index (χ4n) is 3.41. The molecule has 1 amide bonds. The molecule has 4 rings (SSSR count). The van der Waals surface area contributed by atoms with Gasteiger partial charge in [-0.05, 0) is 35.4 Å². The number of hydrogen-bond acceptors (Lipinski definition) is 5. The molecule has 1 aliphatic rings. The molecule has 0 aliphatic carbocycles. The zero-order valence-corrected chi connectivity index (χ0v) is 16.8. The zero-order chi connectivity index (χ0) is 20.4. The summed E-state index contributed by atoms with van der Waals surface area (Å²) in [6.07, 6.45) is 3.63. The molecule has 0 bridgehead atoms. The van der Waals surface area contributed by atoms with E-state index < -0.39 is 0 Å². The van der Waals surface area contributed by atoms with Crippen molar-refractivity contribution in [1.82, 2.24) is 15.1 Å². The molecule has 0 radical (unpaired) electrons. The summed E-state index contributed by atoms with van der Waals surface area (Å²) in [6.45, 7) is 1.73. The number of fused-ring (bicyclic) bond motifs is 1. The van der Waals surface area contributed by atoms with E-state index in [4.69, 9.17) is 9.47 Å². The Hall–Kier alpha value is -3.48. The van der Waals surface area contributed by atoms with E-state index in [1.807, 2.05) is 50.6 Å². The molecule has 7 nitrogen and oxygen atoms in total. The van der Waals surface area contributed by atoms with Gasteiger partial charge in [-0.25, -0.2) is 0 Å². The molecule has 1 aliphatic heterocycles. The number of amides is 1. The molecule has 0 unspecified atom stereocenters. The molecule has 7 heteroatoms. The molecule has 150 valence electrons. The summed E-state index contributed by atoms with van der Waals surface area (Å²) >= 11 is 0. The summed E-state index contributed by atoms with van der Waals surface area (Å²) < 4.78 is 12.9. The van der Waals surface area contributed by atoms with Crippen molar-refractivity contribution in [2.75, 3.05) is 32.2 Å². The van der Waals surface area contributed by atoms with Crippen molar-refractivity contribution < 1.29 is 14.3 Å². The van der Waals surface area contributed by atoms with Crippen LogP contribution in [0, 0.1) is 0 Å². The first kappa shape index (κ1) is 18.9. The molecule has 0 saturated heterocycles. The van der Waals surface area contributed by atoms with Gasteiger partial charge in [0.15, 0.2) is 5.75 Å². The molecule has 0 spiro atoms. The minimum atomic E-state index is -0.171. The normalized spacial score (nSPS) is 12.9. The van der Waals surface area contributed by atoms with Gasteiger partial charge in [-0.2, -0.15) is 5.10 Å². The van der Waals surface area contributed by atoms with Gasteiger partial charge in [-0.15, -0.1) is 0 Å². The first-order valence-corrected chi connectivity index (χ1v) is 9.47. The second-order valence-electron chi connectivity index (χ2n) is 7.08. The predicted octanol–water partition coefficient (Wildman–Crippen LogP) is 2.85. The number of nitrogens with one attached hydrogen (secondary N) is 1. The number of ether oxygens (including phenoxy) is 2. The number of benzene rings is 2. The van der Waals surface area contributed by atoms with Crippen LogP contribution in [0.4, 0.5) is 5.69 Å². The van der Waals surface area contributed by atoms with Gasteiger partial charge in [0, 0.05) is 32.4 Å². The van der Waals surface area contributed by atoms with Gasteiger partial charge in [0.1, 0.15) is 12.4 Å². The van der Waals surface area contributed by atoms with Crippen LogP contribution in [0.1, 0.15) is 15.9 Å². The molecular weight excluding hydrogens is 368 g/mol. The number of anilines is 1. The maximum absolute atomic E-state index is 13.0. The fourth-order valence-corrected chi connectivity index (χ4v) is 3.41. The second-order valence-corrected chi connectivity index (χ2v) is 7.08. The molecular formula is C22H24N4O3. The van der Waals surface area contributed by atoms with Crippen LogP contribution in [0.25, 0.3) is 11.1 Å². The van der Waals surface area contributed by atoms with Crippen molar-refractivity contribution >= 4 is 11.6 Å². The Morgan fingerprint density at radius 1 is 1.21 bits per heavy atom. The van der Waals surface area contributed by atoms with Crippen LogP contribution in [0.15, 0.2) is 48.8 Å². The average molecular weight is 392 g/mol. The van der Waals surface area contributed by atoms with E-state index in [1.165, 1.54) is 0 Å². The summed E-state index contributed by atoms with van der Waals surface area (Å²) in [4.78, 5) is 15.1. The Bertz CT molecular complexity index is 1030. The topological polar surface area (TPSA) is 68.6 Å². The monoisotopic (exact) mass is 392 g/mol. The second kappa shape index (κ2) is 7.87. The Kier molecular flexibility index (Phi) is 5.12. The van der Waals surface area contributed by atoms with E-state index in [1.54, 1.807) is 18.0 Å². The average Bonchev–Trinajstić information content (AvgIpc) is 3.17. The number of rotatable bonds is 5. The molecule has 2 heterocycles. The summed E-state index contributed by atoms with van der Waals surface area (Å²) in [5.41, 5.74) is 4.35. The van der Waals surface area contributed by atoms with Crippen LogP contribution in [0.2, 0.25) is 0 Å². The van der Waals surface area contributed by atoms with Crippen molar-refractivity contribution in [3.8, 4) is 22.6 Å². The largest absolute Gasteiger partial charge is 0.497 e. The minimum absolute atomic E-state index is 0.171. The fraction of sp³-hybridized carbons (Fsp3) is 0.273. The van der Waals surface area contributed by atoms with Crippen molar-refractivity contribution in [2.45, 2.75) is 6.54 Å². The van der Waals surface area contributed by atoms with E-state index in [-0.39, 0.29) is 5.91 Å². The number of nitrogens with zero attached hydrogens (tertiary/aromatic N) is 3. The Labute approximate surface area is 169 Å². The lowest BCUT2D eigenvalue weighted by Crippen LogP contribution is -2.31. The highest BCUT2D eigenvalue weighted by Crippen LogP contribution is 2.39. The van der Waals surface area contributed by atoms with E-state index in [9.17, 15) is 4.79 Å². The van der Waals surface area contributed by atoms with Gasteiger partial charge in [0.05, 0.1) is 31.1 Å². The third-order valence-electron chi connectivity index (χ3n) is 5.03. The van der Waals surface area contributed by atoms with Crippen molar-refractivity contribution in [2.24, 2.45) is 7.05 Å². The van der Waals surface area contributed by atoms with Crippen molar-refractivity contribution in [1.29, 1.82) is 0 Å². The van der Waals surface area contributed by atoms with Crippen LogP contribution in [-0.2, 0) is 13.6 Å². The summed E-state index contributed by atoms with van der Waals surface area (Å²) in [6, 6.07) is 11.8. The van der Waals surface area contributed by atoms with Crippen LogP contribution in [-0.4, -0.2) is 43.0 Å². The van der Waals surface area contributed by atoms with Crippen LogP contribution in [0.3, 0.4) is 0 Å². The Morgan fingerprint density at radius 3 is 2.69 bits per heavy atom. The highest BCUT2D eigenvalue weighted by molar-refractivity contribution is 6.00.